The number of fused-ring (bicyclic) bond motifs is 1. The monoisotopic (exact) mass is 535 g/mol. The summed E-state index contributed by atoms with van der Waals surface area (Å²) < 4.78 is 29.7. The zero-order chi connectivity index (χ0) is 27.5. The van der Waals surface area contributed by atoms with Crippen molar-refractivity contribution in [2.24, 2.45) is 15.7 Å². The Morgan fingerprint density at radius 3 is 2.39 bits per heavy atom. The number of rotatable bonds is 6. The van der Waals surface area contributed by atoms with Crippen molar-refractivity contribution >= 4 is 27.9 Å². The molecule has 0 saturated carbocycles. The molecule has 198 valence electrons. The minimum atomic E-state index is -3.70. The van der Waals surface area contributed by atoms with E-state index in [0.717, 1.165) is 35.0 Å². The van der Waals surface area contributed by atoms with Crippen LogP contribution in [-0.2, 0) is 20.5 Å². The molecular formula is C27H29N5O5S. The number of aliphatic imine (C=N–C) groups is 2. The Kier molecular flexibility index (Phi) is 7.49. The molecule has 0 aliphatic carbocycles. The van der Waals surface area contributed by atoms with Crippen LogP contribution in [0.25, 0.3) is 11.1 Å². The van der Waals surface area contributed by atoms with Crippen LogP contribution in [0, 0.1) is 0 Å². The van der Waals surface area contributed by atoms with Crippen LogP contribution in [0.3, 0.4) is 0 Å². The Labute approximate surface area is 221 Å². The molecular weight excluding hydrogens is 506 g/mol. The number of amidine groups is 1. The summed E-state index contributed by atoms with van der Waals surface area (Å²) in [6, 6.07) is 18.9. The average molecular weight is 536 g/mol. The number of carboxylic acid groups (broad SMARTS) is 1. The fraction of sp³-hybridized carbons (Fsp3) is 0.259. The van der Waals surface area contributed by atoms with E-state index in [4.69, 9.17) is 29.8 Å². The van der Waals surface area contributed by atoms with E-state index in [1.165, 1.54) is 0 Å². The van der Waals surface area contributed by atoms with E-state index in [1.54, 1.807) is 32.2 Å². The standard InChI is InChI=1S/C25H25N5O3S.C2H4O2/c1-17(2)34(31,32)33-22-10-8-20(9-11-22)25(23-28-13-14-30(23)24(26)29-25)21-7-3-5-18(15-21)19-6-4-12-27-16-19;1-2(3)4/h3-12,15-17H,13-14H2,1-2H3,(H2,26,29);1H3,(H,3,4). The molecule has 3 N–H and O–H groups in total. The molecule has 2 aliphatic heterocycles. The van der Waals surface area contributed by atoms with Crippen molar-refractivity contribution in [2.45, 2.75) is 31.6 Å². The largest absolute Gasteiger partial charge is 0.481 e. The van der Waals surface area contributed by atoms with Gasteiger partial charge in [0.15, 0.2) is 11.5 Å². The molecule has 11 heteroatoms. The summed E-state index contributed by atoms with van der Waals surface area (Å²) in [4.78, 5) is 24.9. The van der Waals surface area contributed by atoms with Crippen LogP contribution in [-0.4, -0.2) is 59.5 Å². The molecule has 1 unspecified atom stereocenters. The van der Waals surface area contributed by atoms with Gasteiger partial charge in [-0.25, -0.2) is 4.99 Å². The van der Waals surface area contributed by atoms with Crippen LogP contribution in [0.1, 0.15) is 31.9 Å². The second-order valence-corrected chi connectivity index (χ2v) is 11.1. The maximum Gasteiger partial charge on any atom is 0.311 e. The summed E-state index contributed by atoms with van der Waals surface area (Å²) in [6.45, 7) is 5.54. The van der Waals surface area contributed by atoms with Crippen molar-refractivity contribution in [1.29, 1.82) is 0 Å². The van der Waals surface area contributed by atoms with Gasteiger partial charge in [-0.2, -0.15) is 8.42 Å². The van der Waals surface area contributed by atoms with Gasteiger partial charge in [-0.1, -0.05) is 36.4 Å². The number of carbonyl (C=O) groups is 1. The first-order valence-electron chi connectivity index (χ1n) is 12.0. The number of aliphatic carboxylic acids is 1. The SMILES string of the molecule is CC(=O)O.CC(C)S(=O)(=O)Oc1ccc(C2(c3cccc(-c4cccnc4)c3)N=C(N)N3CCN=C32)cc1. The molecule has 3 aromatic rings. The maximum atomic E-state index is 12.2. The van der Waals surface area contributed by atoms with Crippen molar-refractivity contribution in [3.63, 3.8) is 0 Å². The zero-order valence-electron chi connectivity index (χ0n) is 21.3. The van der Waals surface area contributed by atoms with Gasteiger partial charge in [0.05, 0.1) is 11.8 Å². The first-order chi connectivity index (χ1) is 18.0. The molecule has 0 spiro atoms. The Morgan fingerprint density at radius 2 is 1.76 bits per heavy atom. The van der Waals surface area contributed by atoms with Gasteiger partial charge in [0.25, 0.3) is 5.97 Å². The number of hydrogen-bond donors (Lipinski definition) is 2. The topological polar surface area (TPSA) is 148 Å². The van der Waals surface area contributed by atoms with Crippen molar-refractivity contribution in [3.05, 3.63) is 84.2 Å². The molecule has 0 bridgehead atoms. The molecule has 2 aromatic carbocycles. The molecule has 0 amide bonds. The lowest BCUT2D eigenvalue weighted by molar-refractivity contribution is -0.134. The number of benzene rings is 2. The Hall–Kier alpha value is -4.25. The number of aromatic nitrogens is 1. The number of guanidine groups is 1. The number of nitrogens with two attached hydrogens (primary N) is 1. The molecule has 10 nitrogen and oxygen atoms in total. The lowest BCUT2D eigenvalue weighted by atomic mass is 9.81. The summed E-state index contributed by atoms with van der Waals surface area (Å²) in [5.74, 6) is 0.583. The van der Waals surface area contributed by atoms with E-state index >= 15 is 0 Å². The predicted octanol–water partition coefficient (Wildman–Crippen LogP) is 3.24. The molecule has 38 heavy (non-hydrogen) atoms. The predicted molar refractivity (Wildman–Crippen MR) is 146 cm³/mol. The molecule has 1 aromatic heterocycles. The highest BCUT2D eigenvalue weighted by Crippen LogP contribution is 2.43. The average Bonchev–Trinajstić information content (AvgIpc) is 3.48. The molecule has 2 aliphatic rings. The van der Waals surface area contributed by atoms with Crippen LogP contribution in [0.15, 0.2) is 83.0 Å². The molecule has 0 saturated heterocycles. The number of hydrogen-bond acceptors (Lipinski definition) is 9. The van der Waals surface area contributed by atoms with E-state index in [2.05, 4.69) is 11.1 Å². The van der Waals surface area contributed by atoms with E-state index in [-0.39, 0.29) is 5.75 Å². The zero-order valence-corrected chi connectivity index (χ0v) is 22.1. The Bertz CT molecular complexity index is 1480. The van der Waals surface area contributed by atoms with Gasteiger partial charge in [0.2, 0.25) is 0 Å². The minimum Gasteiger partial charge on any atom is -0.481 e. The summed E-state index contributed by atoms with van der Waals surface area (Å²) in [5.41, 5.74) is 9.11. The Morgan fingerprint density at radius 1 is 1.08 bits per heavy atom. The van der Waals surface area contributed by atoms with Crippen molar-refractivity contribution in [1.82, 2.24) is 9.88 Å². The van der Waals surface area contributed by atoms with Crippen LogP contribution < -0.4 is 9.92 Å². The van der Waals surface area contributed by atoms with Crippen molar-refractivity contribution in [2.75, 3.05) is 13.1 Å². The highest BCUT2D eigenvalue weighted by Gasteiger charge is 2.50. The van der Waals surface area contributed by atoms with E-state index in [0.29, 0.717) is 19.0 Å². The van der Waals surface area contributed by atoms with Crippen molar-refractivity contribution < 1.29 is 22.5 Å². The third kappa shape index (κ3) is 5.23. The van der Waals surface area contributed by atoms with Gasteiger partial charge in [-0.05, 0) is 60.4 Å². The van der Waals surface area contributed by atoms with E-state index in [9.17, 15) is 8.42 Å². The van der Waals surface area contributed by atoms with Crippen LogP contribution in [0.2, 0.25) is 0 Å². The Balaban J connectivity index is 0.000000786. The third-order valence-electron chi connectivity index (χ3n) is 6.06. The molecule has 0 radical (unpaired) electrons. The van der Waals surface area contributed by atoms with E-state index < -0.39 is 26.9 Å². The lowest BCUT2D eigenvalue weighted by Gasteiger charge is -2.29. The maximum absolute atomic E-state index is 12.2. The fourth-order valence-corrected chi connectivity index (χ4v) is 4.83. The molecule has 3 heterocycles. The molecule has 5 rings (SSSR count). The summed E-state index contributed by atoms with van der Waals surface area (Å²) >= 11 is 0. The molecule has 1 atom stereocenters. The van der Waals surface area contributed by atoms with Gasteiger partial charge in [0.1, 0.15) is 11.6 Å². The highest BCUT2D eigenvalue weighted by atomic mass is 32.2. The van der Waals surface area contributed by atoms with Crippen LogP contribution in [0.4, 0.5) is 0 Å². The van der Waals surface area contributed by atoms with Gasteiger partial charge < -0.3 is 15.0 Å². The second-order valence-electron chi connectivity index (χ2n) is 9.03. The number of nitrogens with zero attached hydrogens (tertiary/aromatic N) is 4. The normalized spacial score (nSPS) is 18.3. The summed E-state index contributed by atoms with van der Waals surface area (Å²) in [7, 11) is -3.70. The number of pyridine rings is 1. The van der Waals surface area contributed by atoms with Crippen LogP contribution >= 0.6 is 0 Å². The summed E-state index contributed by atoms with van der Waals surface area (Å²) in [5, 5.41) is 6.77. The summed E-state index contributed by atoms with van der Waals surface area (Å²) in [6.07, 6.45) is 3.56. The number of carboxylic acids is 1. The lowest BCUT2D eigenvalue weighted by Crippen LogP contribution is -2.41. The smallest absolute Gasteiger partial charge is 0.311 e. The van der Waals surface area contributed by atoms with Gasteiger partial charge in [-0.15, -0.1) is 0 Å². The highest BCUT2D eigenvalue weighted by molar-refractivity contribution is 7.87. The third-order valence-corrected chi connectivity index (χ3v) is 7.64. The quantitative estimate of drug-likeness (QED) is 0.457. The fourth-order valence-electron chi connectivity index (χ4n) is 4.26. The minimum absolute atomic E-state index is 0.247. The van der Waals surface area contributed by atoms with Gasteiger partial charge in [-0.3, -0.25) is 19.7 Å². The van der Waals surface area contributed by atoms with Crippen LogP contribution in [0.5, 0.6) is 5.75 Å². The van der Waals surface area contributed by atoms with Crippen molar-refractivity contribution in [3.8, 4) is 16.9 Å². The first kappa shape index (κ1) is 26.8. The van der Waals surface area contributed by atoms with Gasteiger partial charge >= 0.3 is 10.1 Å². The second kappa shape index (κ2) is 10.6. The first-order valence-corrected chi connectivity index (χ1v) is 13.4. The van der Waals surface area contributed by atoms with E-state index in [1.807, 2.05) is 53.6 Å². The van der Waals surface area contributed by atoms with Gasteiger partial charge in [0, 0.05) is 25.9 Å². The molecule has 0 fully saturated rings.